The highest BCUT2D eigenvalue weighted by molar-refractivity contribution is 5.28. The van der Waals surface area contributed by atoms with Crippen LogP contribution in [0.3, 0.4) is 0 Å². The third-order valence-corrected chi connectivity index (χ3v) is 4.35. The van der Waals surface area contributed by atoms with Crippen LogP contribution >= 0.6 is 0 Å². The Morgan fingerprint density at radius 3 is 2.60 bits per heavy atom. The molecule has 0 aliphatic heterocycles. The minimum Gasteiger partial charge on any atom is -0.310 e. The first-order valence-corrected chi connectivity index (χ1v) is 7.34. The molecule has 1 N–H and O–H groups in total. The average Bonchev–Trinajstić information content (AvgIpc) is 2.81. The van der Waals surface area contributed by atoms with Gasteiger partial charge in [0.1, 0.15) is 0 Å². The SMILES string of the molecule is CCNC(c1cccc(C(F)(F)F)c1)C1CCCC1C. The van der Waals surface area contributed by atoms with E-state index in [0.717, 1.165) is 24.6 Å². The van der Waals surface area contributed by atoms with E-state index in [0.29, 0.717) is 11.8 Å². The maximum Gasteiger partial charge on any atom is 0.416 e. The predicted octanol–water partition coefficient (Wildman–Crippen LogP) is 4.79. The zero-order valence-electron chi connectivity index (χ0n) is 12.0. The Kier molecular flexibility index (Phi) is 4.74. The largest absolute Gasteiger partial charge is 0.416 e. The van der Waals surface area contributed by atoms with Gasteiger partial charge in [0.2, 0.25) is 0 Å². The van der Waals surface area contributed by atoms with Crippen LogP contribution in [0.2, 0.25) is 0 Å². The molecular formula is C16H22F3N. The van der Waals surface area contributed by atoms with Crippen molar-refractivity contribution in [3.05, 3.63) is 35.4 Å². The molecule has 0 radical (unpaired) electrons. The molecule has 1 aliphatic rings. The normalized spacial score (nSPS) is 24.9. The molecule has 1 aromatic rings. The highest BCUT2D eigenvalue weighted by Crippen LogP contribution is 2.41. The number of halogens is 3. The van der Waals surface area contributed by atoms with E-state index < -0.39 is 11.7 Å². The molecule has 0 aromatic heterocycles. The second-order valence-electron chi connectivity index (χ2n) is 5.73. The number of alkyl halides is 3. The third-order valence-electron chi connectivity index (χ3n) is 4.35. The van der Waals surface area contributed by atoms with Crippen molar-refractivity contribution in [1.82, 2.24) is 5.32 Å². The van der Waals surface area contributed by atoms with Crippen molar-refractivity contribution in [1.29, 1.82) is 0 Å². The van der Waals surface area contributed by atoms with Gasteiger partial charge >= 0.3 is 6.18 Å². The summed E-state index contributed by atoms with van der Waals surface area (Å²) >= 11 is 0. The number of hydrogen-bond acceptors (Lipinski definition) is 1. The summed E-state index contributed by atoms with van der Waals surface area (Å²) in [5, 5.41) is 3.38. The first-order chi connectivity index (χ1) is 9.43. The second kappa shape index (κ2) is 6.17. The molecule has 1 aliphatic carbocycles. The van der Waals surface area contributed by atoms with E-state index in [-0.39, 0.29) is 6.04 Å². The topological polar surface area (TPSA) is 12.0 Å². The molecule has 0 saturated heterocycles. The van der Waals surface area contributed by atoms with Gasteiger partial charge in [-0.1, -0.05) is 38.8 Å². The Morgan fingerprint density at radius 1 is 1.30 bits per heavy atom. The molecule has 0 spiro atoms. The molecule has 1 saturated carbocycles. The van der Waals surface area contributed by atoms with E-state index >= 15 is 0 Å². The van der Waals surface area contributed by atoms with E-state index in [9.17, 15) is 13.2 Å². The maximum atomic E-state index is 12.9. The first kappa shape index (κ1) is 15.4. The summed E-state index contributed by atoms with van der Waals surface area (Å²) in [6.07, 6.45) is -0.832. The minimum absolute atomic E-state index is 0.0276. The summed E-state index contributed by atoms with van der Waals surface area (Å²) < 4.78 is 38.6. The monoisotopic (exact) mass is 285 g/mol. The maximum absolute atomic E-state index is 12.9. The van der Waals surface area contributed by atoms with Crippen LogP contribution in [-0.4, -0.2) is 6.54 Å². The van der Waals surface area contributed by atoms with Crippen molar-refractivity contribution < 1.29 is 13.2 Å². The Morgan fingerprint density at radius 2 is 2.05 bits per heavy atom. The lowest BCUT2D eigenvalue weighted by Crippen LogP contribution is -2.29. The van der Waals surface area contributed by atoms with Gasteiger partial charge in [0.25, 0.3) is 0 Å². The van der Waals surface area contributed by atoms with Gasteiger partial charge in [0, 0.05) is 6.04 Å². The van der Waals surface area contributed by atoms with E-state index in [2.05, 4.69) is 12.2 Å². The average molecular weight is 285 g/mol. The molecular weight excluding hydrogens is 263 g/mol. The van der Waals surface area contributed by atoms with E-state index in [4.69, 9.17) is 0 Å². The Labute approximate surface area is 118 Å². The summed E-state index contributed by atoms with van der Waals surface area (Å²) in [4.78, 5) is 0. The van der Waals surface area contributed by atoms with Crippen LogP contribution in [0.4, 0.5) is 13.2 Å². The number of nitrogens with one attached hydrogen (secondary N) is 1. The van der Waals surface area contributed by atoms with Gasteiger partial charge in [-0.2, -0.15) is 13.2 Å². The molecule has 0 bridgehead atoms. The van der Waals surface area contributed by atoms with Gasteiger partial charge in [-0.3, -0.25) is 0 Å². The fourth-order valence-corrected chi connectivity index (χ4v) is 3.31. The van der Waals surface area contributed by atoms with Crippen molar-refractivity contribution in [2.75, 3.05) is 6.54 Å². The fraction of sp³-hybridized carbons (Fsp3) is 0.625. The smallest absolute Gasteiger partial charge is 0.310 e. The van der Waals surface area contributed by atoms with Crippen LogP contribution in [0.1, 0.15) is 50.3 Å². The zero-order valence-corrected chi connectivity index (χ0v) is 12.0. The number of rotatable bonds is 4. The molecule has 20 heavy (non-hydrogen) atoms. The molecule has 1 aromatic carbocycles. The lowest BCUT2D eigenvalue weighted by molar-refractivity contribution is -0.137. The summed E-state index contributed by atoms with van der Waals surface area (Å²) in [5.74, 6) is 0.993. The molecule has 112 valence electrons. The Hall–Kier alpha value is -1.03. The number of benzene rings is 1. The second-order valence-corrected chi connectivity index (χ2v) is 5.73. The Bertz CT molecular complexity index is 442. The van der Waals surface area contributed by atoms with E-state index in [1.54, 1.807) is 0 Å². The van der Waals surface area contributed by atoms with Crippen LogP contribution in [0, 0.1) is 11.8 Å². The van der Waals surface area contributed by atoms with Crippen molar-refractivity contribution in [2.45, 2.75) is 45.3 Å². The lowest BCUT2D eigenvalue weighted by atomic mass is 9.85. The van der Waals surface area contributed by atoms with Crippen molar-refractivity contribution >= 4 is 0 Å². The van der Waals surface area contributed by atoms with Gasteiger partial charge < -0.3 is 5.32 Å². The molecule has 3 unspecified atom stereocenters. The van der Waals surface area contributed by atoms with Crippen LogP contribution in [0.5, 0.6) is 0 Å². The lowest BCUT2D eigenvalue weighted by Gasteiger charge is -2.28. The van der Waals surface area contributed by atoms with E-state index in [1.165, 1.54) is 25.0 Å². The molecule has 0 amide bonds. The van der Waals surface area contributed by atoms with Gasteiger partial charge in [-0.05, 0) is 42.5 Å². The molecule has 1 fully saturated rings. The van der Waals surface area contributed by atoms with Crippen LogP contribution in [0.25, 0.3) is 0 Å². The third kappa shape index (κ3) is 3.35. The summed E-state index contributed by atoms with van der Waals surface area (Å²) in [6.45, 7) is 4.97. The molecule has 0 heterocycles. The van der Waals surface area contributed by atoms with Gasteiger partial charge in [-0.25, -0.2) is 0 Å². The van der Waals surface area contributed by atoms with Crippen molar-refractivity contribution in [3.8, 4) is 0 Å². The number of hydrogen-bond donors (Lipinski definition) is 1. The van der Waals surface area contributed by atoms with Gasteiger partial charge in [-0.15, -0.1) is 0 Å². The summed E-state index contributed by atoms with van der Waals surface area (Å²) in [6, 6.07) is 5.80. The van der Waals surface area contributed by atoms with Gasteiger partial charge in [0.15, 0.2) is 0 Å². The molecule has 4 heteroatoms. The molecule has 3 atom stereocenters. The minimum atomic E-state index is -4.27. The van der Waals surface area contributed by atoms with Crippen LogP contribution in [0.15, 0.2) is 24.3 Å². The van der Waals surface area contributed by atoms with Crippen molar-refractivity contribution in [3.63, 3.8) is 0 Å². The summed E-state index contributed by atoms with van der Waals surface area (Å²) in [5.41, 5.74) is 0.212. The van der Waals surface area contributed by atoms with Gasteiger partial charge in [0.05, 0.1) is 5.56 Å². The van der Waals surface area contributed by atoms with Crippen LogP contribution in [-0.2, 0) is 6.18 Å². The van der Waals surface area contributed by atoms with Crippen molar-refractivity contribution in [2.24, 2.45) is 11.8 Å². The predicted molar refractivity (Wildman–Crippen MR) is 74.4 cm³/mol. The molecule has 2 rings (SSSR count). The fourth-order valence-electron chi connectivity index (χ4n) is 3.31. The molecule has 1 nitrogen and oxygen atoms in total. The van der Waals surface area contributed by atoms with Crippen LogP contribution < -0.4 is 5.32 Å². The highest BCUT2D eigenvalue weighted by atomic mass is 19.4. The zero-order chi connectivity index (χ0) is 14.8. The quantitative estimate of drug-likeness (QED) is 0.838. The summed E-state index contributed by atoms with van der Waals surface area (Å²) in [7, 11) is 0. The standard InChI is InChI=1S/C16H22F3N/c1-3-20-15(14-9-4-6-11(14)2)12-7-5-8-13(10-12)16(17,18)19/h5,7-8,10-11,14-15,20H,3-4,6,9H2,1-2H3. The van der Waals surface area contributed by atoms with E-state index in [1.807, 2.05) is 13.0 Å². The highest BCUT2D eigenvalue weighted by Gasteiger charge is 2.34. The Balaban J connectivity index is 2.29. The first-order valence-electron chi connectivity index (χ1n) is 7.34.